The molecule has 0 spiro atoms. The zero-order valence-electron chi connectivity index (χ0n) is 14.0. The number of sulfonamides is 1. The number of carbonyl (C=O) groups is 1. The highest BCUT2D eigenvalue weighted by Crippen LogP contribution is 2.27. The summed E-state index contributed by atoms with van der Waals surface area (Å²) in [4.78, 5) is 22.7. The van der Waals surface area contributed by atoms with Crippen molar-refractivity contribution in [3.8, 4) is 0 Å². The van der Waals surface area contributed by atoms with Gasteiger partial charge in [0, 0.05) is 22.3 Å². The average molecular weight is 442 g/mol. The van der Waals surface area contributed by atoms with Crippen LogP contribution in [0.3, 0.4) is 0 Å². The zero-order chi connectivity index (χ0) is 19.5. The van der Waals surface area contributed by atoms with Gasteiger partial charge in [0.15, 0.2) is 0 Å². The van der Waals surface area contributed by atoms with Gasteiger partial charge in [0.1, 0.15) is 6.54 Å². The first kappa shape index (κ1) is 19.9. The monoisotopic (exact) mass is 441 g/mol. The Kier molecular flexibility index (Phi) is 5.98. The van der Waals surface area contributed by atoms with E-state index >= 15 is 0 Å². The maximum Gasteiger partial charge on any atom is 0.271 e. The van der Waals surface area contributed by atoms with E-state index in [4.69, 9.17) is 0 Å². The van der Waals surface area contributed by atoms with Gasteiger partial charge in [-0.05, 0) is 36.8 Å². The van der Waals surface area contributed by atoms with Crippen molar-refractivity contribution >= 4 is 48.9 Å². The van der Waals surface area contributed by atoms with Crippen LogP contribution in [0.1, 0.15) is 5.56 Å². The molecule has 0 aliphatic heterocycles. The van der Waals surface area contributed by atoms with Crippen molar-refractivity contribution in [3.05, 3.63) is 62.6 Å². The summed E-state index contributed by atoms with van der Waals surface area (Å²) in [5.41, 5.74) is 0.833. The van der Waals surface area contributed by atoms with E-state index in [2.05, 4.69) is 21.2 Å². The van der Waals surface area contributed by atoms with E-state index in [9.17, 15) is 23.3 Å². The summed E-state index contributed by atoms with van der Waals surface area (Å²) in [6.45, 7) is 1.11. The molecule has 0 atom stereocenters. The van der Waals surface area contributed by atoms with Crippen LogP contribution in [0, 0.1) is 17.0 Å². The fraction of sp³-hybridized carbons (Fsp3) is 0.188. The molecule has 2 aromatic carbocycles. The highest BCUT2D eigenvalue weighted by molar-refractivity contribution is 9.10. The summed E-state index contributed by atoms with van der Waals surface area (Å²) in [7, 11) is -3.83. The van der Waals surface area contributed by atoms with Gasteiger partial charge in [-0.2, -0.15) is 0 Å². The third-order valence-electron chi connectivity index (χ3n) is 3.49. The number of amides is 1. The molecule has 0 aromatic heterocycles. The number of carbonyl (C=O) groups excluding carboxylic acids is 1. The van der Waals surface area contributed by atoms with Gasteiger partial charge in [-0.1, -0.05) is 22.0 Å². The molecule has 0 bridgehead atoms. The number of rotatable bonds is 6. The zero-order valence-corrected chi connectivity index (χ0v) is 16.4. The fourth-order valence-electron chi connectivity index (χ4n) is 2.23. The SMILES string of the molecule is Cc1ccc([N+](=O)[O-])cc1N(CC(=O)Nc1ccc(Br)cc1)S(C)(=O)=O. The van der Waals surface area contributed by atoms with Gasteiger partial charge in [-0.3, -0.25) is 19.2 Å². The third kappa shape index (κ3) is 5.02. The van der Waals surface area contributed by atoms with Gasteiger partial charge in [0.25, 0.3) is 5.69 Å². The number of hydrogen-bond acceptors (Lipinski definition) is 5. The van der Waals surface area contributed by atoms with Crippen LogP contribution in [0.2, 0.25) is 0 Å². The average Bonchev–Trinajstić information content (AvgIpc) is 2.54. The van der Waals surface area contributed by atoms with E-state index in [1.165, 1.54) is 12.1 Å². The molecule has 1 amide bonds. The van der Waals surface area contributed by atoms with Crippen LogP contribution in [-0.2, 0) is 14.8 Å². The predicted molar refractivity (Wildman–Crippen MR) is 103 cm³/mol. The lowest BCUT2D eigenvalue weighted by atomic mass is 10.2. The second kappa shape index (κ2) is 7.83. The highest BCUT2D eigenvalue weighted by atomic mass is 79.9. The summed E-state index contributed by atoms with van der Waals surface area (Å²) in [5, 5.41) is 13.6. The standard InChI is InChI=1S/C16H16BrN3O5S/c1-11-3-8-14(20(22)23)9-15(11)19(26(2,24)25)10-16(21)18-13-6-4-12(17)5-7-13/h3-9H,10H2,1-2H3,(H,18,21). The van der Waals surface area contributed by atoms with Crippen molar-refractivity contribution in [3.63, 3.8) is 0 Å². The van der Waals surface area contributed by atoms with E-state index in [0.29, 0.717) is 11.3 Å². The molecular weight excluding hydrogens is 426 g/mol. The van der Waals surface area contributed by atoms with Crippen molar-refractivity contribution in [1.29, 1.82) is 0 Å². The second-order valence-electron chi connectivity index (χ2n) is 5.55. The highest BCUT2D eigenvalue weighted by Gasteiger charge is 2.24. The lowest BCUT2D eigenvalue weighted by molar-refractivity contribution is -0.384. The molecule has 26 heavy (non-hydrogen) atoms. The van der Waals surface area contributed by atoms with Crippen LogP contribution in [0.4, 0.5) is 17.1 Å². The maximum absolute atomic E-state index is 12.3. The number of nitrogens with zero attached hydrogens (tertiary/aromatic N) is 2. The topological polar surface area (TPSA) is 110 Å². The molecule has 0 saturated heterocycles. The number of halogens is 1. The van der Waals surface area contributed by atoms with E-state index in [-0.39, 0.29) is 11.4 Å². The molecule has 0 aliphatic carbocycles. The van der Waals surface area contributed by atoms with Crippen molar-refractivity contribution in [2.75, 3.05) is 22.4 Å². The minimum atomic E-state index is -3.83. The molecule has 0 unspecified atom stereocenters. The Morgan fingerprint density at radius 3 is 2.38 bits per heavy atom. The first-order chi connectivity index (χ1) is 12.1. The number of nitrogens with one attached hydrogen (secondary N) is 1. The van der Waals surface area contributed by atoms with E-state index in [1.807, 2.05) is 0 Å². The number of nitro groups is 1. The van der Waals surface area contributed by atoms with Crippen LogP contribution in [0.25, 0.3) is 0 Å². The summed E-state index contributed by atoms with van der Waals surface area (Å²) >= 11 is 3.28. The summed E-state index contributed by atoms with van der Waals surface area (Å²) in [6.07, 6.45) is 0.943. The van der Waals surface area contributed by atoms with Crippen LogP contribution >= 0.6 is 15.9 Å². The first-order valence-electron chi connectivity index (χ1n) is 7.36. The first-order valence-corrected chi connectivity index (χ1v) is 10.0. The molecule has 1 N–H and O–H groups in total. The van der Waals surface area contributed by atoms with E-state index in [0.717, 1.165) is 21.1 Å². The normalized spacial score (nSPS) is 11.0. The lowest BCUT2D eigenvalue weighted by Crippen LogP contribution is -2.37. The number of hydrogen-bond donors (Lipinski definition) is 1. The van der Waals surface area contributed by atoms with Gasteiger partial charge in [-0.15, -0.1) is 0 Å². The Morgan fingerprint density at radius 2 is 1.85 bits per heavy atom. The molecule has 2 rings (SSSR count). The Labute approximate surface area is 159 Å². The second-order valence-corrected chi connectivity index (χ2v) is 8.38. The minimum Gasteiger partial charge on any atom is -0.325 e. The van der Waals surface area contributed by atoms with Gasteiger partial charge >= 0.3 is 0 Å². The quantitative estimate of drug-likeness (QED) is 0.546. The molecular formula is C16H16BrN3O5S. The number of aryl methyl sites for hydroxylation is 1. The smallest absolute Gasteiger partial charge is 0.271 e. The Morgan fingerprint density at radius 1 is 1.23 bits per heavy atom. The van der Waals surface area contributed by atoms with Gasteiger partial charge in [0.05, 0.1) is 16.9 Å². The minimum absolute atomic E-state index is 0.0904. The molecule has 0 saturated carbocycles. The predicted octanol–water partition coefficient (Wildman–Crippen LogP) is 3.07. The van der Waals surface area contributed by atoms with Crippen molar-refractivity contribution in [2.45, 2.75) is 6.92 Å². The molecule has 0 aliphatic rings. The molecule has 8 nitrogen and oxygen atoms in total. The summed E-state index contributed by atoms with van der Waals surface area (Å²) in [6, 6.07) is 10.6. The van der Waals surface area contributed by atoms with Gasteiger partial charge < -0.3 is 5.32 Å². The Bertz CT molecular complexity index is 945. The summed E-state index contributed by atoms with van der Waals surface area (Å²) < 4.78 is 26.0. The number of non-ortho nitro benzene ring substituents is 1. The van der Waals surface area contributed by atoms with E-state index < -0.39 is 27.4 Å². The van der Waals surface area contributed by atoms with Crippen LogP contribution in [-0.4, -0.2) is 32.0 Å². The third-order valence-corrected chi connectivity index (χ3v) is 5.14. The largest absolute Gasteiger partial charge is 0.325 e. The molecule has 138 valence electrons. The molecule has 0 fully saturated rings. The number of anilines is 2. The molecule has 0 radical (unpaired) electrons. The van der Waals surface area contributed by atoms with Crippen molar-refractivity contribution < 1.29 is 18.1 Å². The fourth-order valence-corrected chi connectivity index (χ4v) is 3.40. The van der Waals surface area contributed by atoms with Gasteiger partial charge in [-0.25, -0.2) is 8.42 Å². The van der Waals surface area contributed by atoms with Crippen LogP contribution in [0.15, 0.2) is 46.9 Å². The lowest BCUT2D eigenvalue weighted by Gasteiger charge is -2.23. The Balaban J connectivity index is 2.31. The van der Waals surface area contributed by atoms with Crippen LogP contribution < -0.4 is 9.62 Å². The molecule has 10 heteroatoms. The maximum atomic E-state index is 12.3. The molecule has 2 aromatic rings. The molecule has 0 heterocycles. The van der Waals surface area contributed by atoms with Crippen molar-refractivity contribution in [2.24, 2.45) is 0 Å². The summed E-state index contributed by atoms with van der Waals surface area (Å²) in [5.74, 6) is -0.566. The van der Waals surface area contributed by atoms with Crippen molar-refractivity contribution in [1.82, 2.24) is 0 Å². The Hall–Kier alpha value is -2.46. The van der Waals surface area contributed by atoms with Gasteiger partial charge in [0.2, 0.25) is 15.9 Å². The number of benzene rings is 2. The number of nitro benzene ring substituents is 1. The van der Waals surface area contributed by atoms with Crippen LogP contribution in [0.5, 0.6) is 0 Å². The van der Waals surface area contributed by atoms with E-state index in [1.54, 1.807) is 31.2 Å².